The Morgan fingerprint density at radius 2 is 2.04 bits per heavy atom. The van der Waals surface area contributed by atoms with E-state index >= 15 is 0 Å². The number of nitrogens with zero attached hydrogens (tertiary/aromatic N) is 4. The molecule has 8 heteroatoms. The van der Waals surface area contributed by atoms with Crippen LogP contribution in [0.25, 0.3) is 0 Å². The van der Waals surface area contributed by atoms with Crippen LogP contribution in [0.15, 0.2) is 47.7 Å². The molecule has 0 radical (unpaired) electrons. The summed E-state index contributed by atoms with van der Waals surface area (Å²) in [6, 6.07) is 10.5. The molecular weight excluding hydrogens is 467 g/mol. The van der Waals surface area contributed by atoms with E-state index in [1.165, 1.54) is 11.1 Å². The highest BCUT2D eigenvalue weighted by molar-refractivity contribution is 14.0. The molecule has 0 amide bonds. The second kappa shape index (κ2) is 14.4. The Bertz CT molecular complexity index is 677. The zero-order valence-corrected chi connectivity index (χ0v) is 19.4. The average molecular weight is 500 g/mol. The molecule has 0 aliphatic carbocycles. The lowest BCUT2D eigenvalue weighted by atomic mass is 10.1. The van der Waals surface area contributed by atoms with Gasteiger partial charge in [0.15, 0.2) is 5.96 Å². The molecule has 2 aromatic rings. The number of ether oxygens (including phenoxy) is 1. The van der Waals surface area contributed by atoms with Crippen LogP contribution in [-0.2, 0) is 17.8 Å². The molecule has 0 atom stereocenters. The van der Waals surface area contributed by atoms with Crippen molar-refractivity contribution >= 4 is 29.9 Å². The van der Waals surface area contributed by atoms with Gasteiger partial charge in [0.25, 0.3) is 0 Å². The molecular formula is C20H33IN6O. The number of hydrogen-bond acceptors (Lipinski definition) is 4. The van der Waals surface area contributed by atoms with Crippen molar-refractivity contribution in [1.29, 1.82) is 0 Å². The molecule has 1 aromatic heterocycles. The Morgan fingerprint density at radius 1 is 1.21 bits per heavy atom. The van der Waals surface area contributed by atoms with E-state index in [-0.39, 0.29) is 24.0 Å². The first-order valence-corrected chi connectivity index (χ1v) is 9.38. The fourth-order valence-corrected chi connectivity index (χ4v) is 2.78. The summed E-state index contributed by atoms with van der Waals surface area (Å²) in [5.74, 6) is 0.817. The fraction of sp³-hybridized carbons (Fsp3) is 0.500. The van der Waals surface area contributed by atoms with Crippen molar-refractivity contribution in [3.8, 4) is 0 Å². The molecule has 7 nitrogen and oxygen atoms in total. The molecule has 0 saturated heterocycles. The van der Waals surface area contributed by atoms with Crippen LogP contribution in [0, 0.1) is 0 Å². The van der Waals surface area contributed by atoms with Crippen molar-refractivity contribution in [2.24, 2.45) is 4.99 Å². The van der Waals surface area contributed by atoms with Crippen LogP contribution in [0.1, 0.15) is 17.5 Å². The van der Waals surface area contributed by atoms with Crippen molar-refractivity contribution in [3.05, 3.63) is 53.9 Å². The van der Waals surface area contributed by atoms with Gasteiger partial charge in [-0.15, -0.1) is 24.0 Å². The van der Waals surface area contributed by atoms with Crippen LogP contribution in [0.2, 0.25) is 0 Å². The van der Waals surface area contributed by atoms with Crippen LogP contribution >= 0.6 is 24.0 Å². The monoisotopic (exact) mass is 500 g/mol. The topological polar surface area (TPSA) is 66.7 Å². The number of nitrogens with one attached hydrogen (secondary N) is 2. The third-order valence-corrected chi connectivity index (χ3v) is 4.25. The number of aromatic nitrogens is 2. The van der Waals surface area contributed by atoms with Crippen molar-refractivity contribution in [2.75, 3.05) is 47.4 Å². The van der Waals surface area contributed by atoms with E-state index in [9.17, 15) is 0 Å². The second-order valence-electron chi connectivity index (χ2n) is 6.53. The van der Waals surface area contributed by atoms with Gasteiger partial charge >= 0.3 is 0 Å². The number of halogens is 1. The predicted molar refractivity (Wildman–Crippen MR) is 125 cm³/mol. The van der Waals surface area contributed by atoms with Gasteiger partial charge < -0.3 is 20.3 Å². The van der Waals surface area contributed by atoms with Gasteiger partial charge in [-0.3, -0.25) is 9.67 Å². The summed E-state index contributed by atoms with van der Waals surface area (Å²) in [5.41, 5.74) is 2.46. The Balaban J connectivity index is 0.00000392. The van der Waals surface area contributed by atoms with Crippen LogP contribution in [-0.4, -0.2) is 68.1 Å². The Hall–Kier alpha value is -1.65. The zero-order chi connectivity index (χ0) is 19.3. The smallest absolute Gasteiger partial charge is 0.191 e. The minimum atomic E-state index is 0. The van der Waals surface area contributed by atoms with Gasteiger partial charge in [0.2, 0.25) is 0 Å². The van der Waals surface area contributed by atoms with E-state index in [4.69, 9.17) is 4.74 Å². The van der Waals surface area contributed by atoms with Crippen LogP contribution in [0.5, 0.6) is 0 Å². The first-order valence-electron chi connectivity index (χ1n) is 9.38. The largest absolute Gasteiger partial charge is 0.385 e. The summed E-state index contributed by atoms with van der Waals surface area (Å²) < 4.78 is 7.01. The van der Waals surface area contributed by atoms with Crippen molar-refractivity contribution in [3.63, 3.8) is 0 Å². The second-order valence-corrected chi connectivity index (χ2v) is 6.53. The van der Waals surface area contributed by atoms with Crippen LogP contribution in [0.4, 0.5) is 0 Å². The van der Waals surface area contributed by atoms with E-state index in [0.29, 0.717) is 0 Å². The van der Waals surface area contributed by atoms with Gasteiger partial charge in [0.05, 0.1) is 6.54 Å². The maximum Gasteiger partial charge on any atom is 0.191 e. The quantitative estimate of drug-likeness (QED) is 0.214. The van der Waals surface area contributed by atoms with Gasteiger partial charge in [-0.1, -0.05) is 24.3 Å². The highest BCUT2D eigenvalue weighted by Crippen LogP contribution is 2.07. The molecule has 0 aliphatic rings. The number of methoxy groups -OCH3 is 1. The summed E-state index contributed by atoms with van der Waals surface area (Å²) in [6.45, 7) is 5.16. The molecule has 0 saturated carbocycles. The van der Waals surface area contributed by atoms with Gasteiger partial charge in [0, 0.05) is 59.3 Å². The van der Waals surface area contributed by atoms with Crippen molar-refractivity contribution in [1.82, 2.24) is 25.3 Å². The third kappa shape index (κ3) is 9.52. The molecule has 0 bridgehead atoms. The summed E-state index contributed by atoms with van der Waals surface area (Å²) >= 11 is 0. The number of benzene rings is 1. The molecule has 1 aromatic carbocycles. The van der Waals surface area contributed by atoms with E-state index in [1.54, 1.807) is 20.4 Å². The number of hydrogen-bond donors (Lipinski definition) is 2. The molecule has 1 heterocycles. The molecule has 28 heavy (non-hydrogen) atoms. The lowest BCUT2D eigenvalue weighted by Gasteiger charge is -2.18. The molecule has 2 N–H and O–H groups in total. The first kappa shape index (κ1) is 24.4. The minimum Gasteiger partial charge on any atom is -0.385 e. The van der Waals surface area contributed by atoms with E-state index in [2.05, 4.69) is 56.9 Å². The molecule has 0 unspecified atom stereocenters. The van der Waals surface area contributed by atoms with E-state index in [1.807, 2.05) is 16.9 Å². The normalized spacial score (nSPS) is 11.4. The first-order chi connectivity index (χ1) is 13.2. The highest BCUT2D eigenvalue weighted by Gasteiger charge is 2.02. The summed E-state index contributed by atoms with van der Waals surface area (Å²) in [4.78, 5) is 6.59. The Labute approximate surface area is 185 Å². The summed E-state index contributed by atoms with van der Waals surface area (Å²) in [7, 11) is 5.66. The number of aliphatic imine (C=N–C) groups is 1. The van der Waals surface area contributed by atoms with E-state index in [0.717, 1.165) is 51.7 Å². The molecule has 0 fully saturated rings. The SMILES string of the molecule is CN=C(NCCN(C)CCCOC)NCc1cccc(Cn2cccn2)c1.I. The maximum absolute atomic E-state index is 5.09. The number of likely N-dealkylation sites (N-methyl/N-ethyl adjacent to an activating group) is 1. The average Bonchev–Trinajstić information content (AvgIpc) is 3.18. The van der Waals surface area contributed by atoms with Gasteiger partial charge in [-0.2, -0.15) is 5.10 Å². The number of rotatable bonds is 11. The highest BCUT2D eigenvalue weighted by atomic mass is 127. The third-order valence-electron chi connectivity index (χ3n) is 4.25. The molecule has 2 rings (SSSR count). The summed E-state index contributed by atoms with van der Waals surface area (Å²) in [5, 5.41) is 11.0. The number of guanidine groups is 1. The Kier molecular flexibility index (Phi) is 12.5. The van der Waals surface area contributed by atoms with Crippen molar-refractivity contribution < 1.29 is 4.74 Å². The van der Waals surface area contributed by atoms with E-state index < -0.39 is 0 Å². The zero-order valence-electron chi connectivity index (χ0n) is 17.1. The van der Waals surface area contributed by atoms with Crippen LogP contribution in [0.3, 0.4) is 0 Å². The minimum absolute atomic E-state index is 0. The van der Waals surface area contributed by atoms with Gasteiger partial charge in [-0.05, 0) is 30.7 Å². The lowest BCUT2D eigenvalue weighted by molar-refractivity contribution is 0.180. The van der Waals surface area contributed by atoms with Crippen LogP contribution < -0.4 is 10.6 Å². The standard InChI is InChI=1S/C20H32N6O.HI/c1-21-20(22-10-13-25(2)11-6-14-27-3)23-16-18-7-4-8-19(15-18)17-26-12-5-9-24-26;/h4-5,7-9,12,15H,6,10-11,13-14,16-17H2,1-3H3,(H2,21,22,23);1H. The van der Waals surface area contributed by atoms with Gasteiger partial charge in [0.1, 0.15) is 0 Å². The summed E-state index contributed by atoms with van der Waals surface area (Å²) in [6.07, 6.45) is 4.83. The van der Waals surface area contributed by atoms with Gasteiger partial charge in [-0.25, -0.2) is 0 Å². The maximum atomic E-state index is 5.09. The fourth-order valence-electron chi connectivity index (χ4n) is 2.78. The lowest BCUT2D eigenvalue weighted by Crippen LogP contribution is -2.40. The van der Waals surface area contributed by atoms with Crippen molar-refractivity contribution in [2.45, 2.75) is 19.5 Å². The Morgan fingerprint density at radius 3 is 2.75 bits per heavy atom. The molecule has 0 aliphatic heterocycles. The molecule has 156 valence electrons. The predicted octanol–water partition coefficient (Wildman–Crippen LogP) is 2.18. The molecule has 0 spiro atoms.